The van der Waals surface area contributed by atoms with Gasteiger partial charge in [0.25, 0.3) is 0 Å². The molecule has 1 aliphatic heterocycles. The van der Waals surface area contributed by atoms with Crippen LogP contribution in [0.15, 0.2) is 0 Å². The first-order chi connectivity index (χ1) is 7.56. The predicted molar refractivity (Wildman–Crippen MR) is 55.9 cm³/mol. The first kappa shape index (κ1) is 13.0. The Morgan fingerprint density at radius 2 is 2.19 bits per heavy atom. The van der Waals surface area contributed by atoms with Crippen molar-refractivity contribution in [1.29, 1.82) is 0 Å². The van der Waals surface area contributed by atoms with Gasteiger partial charge in [-0.1, -0.05) is 20.3 Å². The number of hydrogen-bond acceptors (Lipinski definition) is 4. The van der Waals surface area contributed by atoms with E-state index in [9.17, 15) is 9.59 Å². The van der Waals surface area contributed by atoms with Crippen molar-refractivity contribution in [2.75, 3.05) is 13.2 Å². The SMILES string of the molecule is CCCC(C(=O)OCC1CO1)C(C)C(=O)O. The molecular weight excluding hydrogens is 212 g/mol. The van der Waals surface area contributed by atoms with Crippen LogP contribution in [0.3, 0.4) is 0 Å². The van der Waals surface area contributed by atoms with Gasteiger partial charge in [-0.3, -0.25) is 9.59 Å². The molecule has 3 atom stereocenters. The minimum absolute atomic E-state index is 0.0198. The topological polar surface area (TPSA) is 76.1 Å². The minimum atomic E-state index is -0.960. The van der Waals surface area contributed by atoms with Crippen molar-refractivity contribution in [3.05, 3.63) is 0 Å². The van der Waals surface area contributed by atoms with Crippen LogP contribution >= 0.6 is 0 Å². The van der Waals surface area contributed by atoms with E-state index < -0.39 is 23.8 Å². The highest BCUT2D eigenvalue weighted by atomic mass is 16.6. The van der Waals surface area contributed by atoms with Crippen molar-refractivity contribution in [2.24, 2.45) is 11.8 Å². The highest BCUT2D eigenvalue weighted by Crippen LogP contribution is 2.20. The Morgan fingerprint density at radius 1 is 1.56 bits per heavy atom. The molecule has 16 heavy (non-hydrogen) atoms. The van der Waals surface area contributed by atoms with Crippen LogP contribution in [0.1, 0.15) is 26.7 Å². The minimum Gasteiger partial charge on any atom is -0.481 e. The molecule has 0 aliphatic carbocycles. The van der Waals surface area contributed by atoms with Crippen LogP contribution in [0.5, 0.6) is 0 Å². The van der Waals surface area contributed by atoms with Gasteiger partial charge in [0, 0.05) is 0 Å². The van der Waals surface area contributed by atoms with Gasteiger partial charge in [-0.05, 0) is 6.42 Å². The van der Waals surface area contributed by atoms with Gasteiger partial charge in [0.05, 0.1) is 18.4 Å². The summed E-state index contributed by atoms with van der Waals surface area (Å²) >= 11 is 0. The van der Waals surface area contributed by atoms with Gasteiger partial charge in [-0.2, -0.15) is 0 Å². The molecule has 0 aromatic heterocycles. The lowest BCUT2D eigenvalue weighted by molar-refractivity contribution is -0.157. The van der Waals surface area contributed by atoms with E-state index in [2.05, 4.69) is 0 Å². The van der Waals surface area contributed by atoms with Gasteiger partial charge >= 0.3 is 11.9 Å². The fourth-order valence-electron chi connectivity index (χ4n) is 1.50. The Balaban J connectivity index is 2.45. The number of carboxylic acid groups (broad SMARTS) is 1. The third-order valence-corrected chi connectivity index (χ3v) is 2.71. The average Bonchev–Trinajstić information content (AvgIpc) is 3.05. The van der Waals surface area contributed by atoms with Gasteiger partial charge < -0.3 is 14.6 Å². The third kappa shape index (κ3) is 3.81. The number of esters is 1. The van der Waals surface area contributed by atoms with Gasteiger partial charge in [0.15, 0.2) is 0 Å². The Morgan fingerprint density at radius 3 is 2.62 bits per heavy atom. The molecule has 1 N–H and O–H groups in total. The highest BCUT2D eigenvalue weighted by molar-refractivity contribution is 5.80. The van der Waals surface area contributed by atoms with Crippen molar-refractivity contribution in [3.8, 4) is 0 Å². The first-order valence-electron chi connectivity index (χ1n) is 5.57. The molecule has 92 valence electrons. The largest absolute Gasteiger partial charge is 0.481 e. The van der Waals surface area contributed by atoms with Crippen molar-refractivity contribution in [2.45, 2.75) is 32.8 Å². The number of hydrogen-bond donors (Lipinski definition) is 1. The normalized spacial score (nSPS) is 22.2. The third-order valence-electron chi connectivity index (χ3n) is 2.71. The fraction of sp³-hybridized carbons (Fsp3) is 0.818. The summed E-state index contributed by atoms with van der Waals surface area (Å²) in [6.45, 7) is 4.32. The maximum absolute atomic E-state index is 11.7. The number of carbonyl (C=O) groups is 2. The molecule has 1 rings (SSSR count). The van der Waals surface area contributed by atoms with Crippen molar-refractivity contribution < 1.29 is 24.2 Å². The highest BCUT2D eigenvalue weighted by Gasteiger charge is 2.32. The lowest BCUT2D eigenvalue weighted by Crippen LogP contribution is -2.30. The molecule has 3 unspecified atom stereocenters. The summed E-state index contributed by atoms with van der Waals surface area (Å²) in [7, 11) is 0. The molecule has 0 saturated carbocycles. The van der Waals surface area contributed by atoms with Crippen LogP contribution in [0, 0.1) is 11.8 Å². The quantitative estimate of drug-likeness (QED) is 0.523. The van der Waals surface area contributed by atoms with Crippen molar-refractivity contribution >= 4 is 11.9 Å². The fourth-order valence-corrected chi connectivity index (χ4v) is 1.50. The summed E-state index contributed by atoms with van der Waals surface area (Å²) < 4.78 is 9.94. The van der Waals surface area contributed by atoms with Crippen molar-refractivity contribution in [3.63, 3.8) is 0 Å². The molecule has 5 nitrogen and oxygen atoms in total. The lowest BCUT2D eigenvalue weighted by atomic mass is 9.90. The smallest absolute Gasteiger partial charge is 0.309 e. The zero-order chi connectivity index (χ0) is 12.1. The number of carbonyl (C=O) groups excluding carboxylic acids is 1. The Kier molecular flexibility index (Phi) is 4.73. The molecule has 1 aliphatic rings. The molecule has 5 heteroatoms. The molecule has 0 bridgehead atoms. The Hall–Kier alpha value is -1.10. The van der Waals surface area contributed by atoms with E-state index in [4.69, 9.17) is 14.6 Å². The number of epoxide rings is 1. The standard InChI is InChI=1S/C11H18O5/c1-3-4-9(7(2)10(12)13)11(14)16-6-8-5-15-8/h7-9H,3-6H2,1-2H3,(H,12,13). The second-order valence-electron chi connectivity index (χ2n) is 4.11. The van der Waals surface area contributed by atoms with Crippen LogP contribution in [0.2, 0.25) is 0 Å². The summed E-state index contributed by atoms with van der Waals surface area (Å²) in [5.74, 6) is -2.64. The predicted octanol–water partition coefficient (Wildman–Crippen LogP) is 1.07. The summed E-state index contributed by atoms with van der Waals surface area (Å²) in [4.78, 5) is 22.5. The molecule has 1 fully saturated rings. The summed E-state index contributed by atoms with van der Waals surface area (Å²) in [6, 6.07) is 0. The van der Waals surface area contributed by atoms with Gasteiger partial charge in [-0.15, -0.1) is 0 Å². The van der Waals surface area contributed by atoms with E-state index in [0.717, 1.165) is 6.42 Å². The van der Waals surface area contributed by atoms with Crippen LogP contribution < -0.4 is 0 Å². The van der Waals surface area contributed by atoms with Crippen molar-refractivity contribution in [1.82, 2.24) is 0 Å². The second-order valence-corrected chi connectivity index (χ2v) is 4.11. The van der Waals surface area contributed by atoms with Crippen LogP contribution in [-0.4, -0.2) is 36.4 Å². The van der Waals surface area contributed by atoms with E-state index in [1.807, 2.05) is 6.92 Å². The molecule has 1 saturated heterocycles. The van der Waals surface area contributed by atoms with E-state index in [-0.39, 0.29) is 12.7 Å². The number of aliphatic carboxylic acids is 1. The first-order valence-corrected chi connectivity index (χ1v) is 5.57. The number of carboxylic acids is 1. The molecule has 0 radical (unpaired) electrons. The van der Waals surface area contributed by atoms with E-state index in [1.54, 1.807) is 0 Å². The zero-order valence-corrected chi connectivity index (χ0v) is 9.64. The van der Waals surface area contributed by atoms with E-state index >= 15 is 0 Å². The molecular formula is C11H18O5. The molecule has 0 amide bonds. The van der Waals surface area contributed by atoms with E-state index in [0.29, 0.717) is 13.0 Å². The Labute approximate surface area is 94.7 Å². The van der Waals surface area contributed by atoms with Crippen LogP contribution in [-0.2, 0) is 19.1 Å². The van der Waals surface area contributed by atoms with E-state index in [1.165, 1.54) is 6.92 Å². The zero-order valence-electron chi connectivity index (χ0n) is 9.64. The summed E-state index contributed by atoms with van der Waals surface area (Å²) in [5, 5.41) is 8.89. The van der Waals surface area contributed by atoms with Gasteiger partial charge in [0.1, 0.15) is 12.7 Å². The average molecular weight is 230 g/mol. The molecule has 1 heterocycles. The summed E-state index contributed by atoms with van der Waals surface area (Å²) in [5.41, 5.74) is 0. The molecule has 0 aromatic carbocycles. The molecule has 0 spiro atoms. The van der Waals surface area contributed by atoms with Gasteiger partial charge in [0.2, 0.25) is 0 Å². The van der Waals surface area contributed by atoms with Gasteiger partial charge in [-0.25, -0.2) is 0 Å². The second kappa shape index (κ2) is 5.84. The van der Waals surface area contributed by atoms with Crippen LogP contribution in [0.4, 0.5) is 0 Å². The maximum atomic E-state index is 11.7. The van der Waals surface area contributed by atoms with Crippen LogP contribution in [0.25, 0.3) is 0 Å². The number of rotatable bonds is 7. The lowest BCUT2D eigenvalue weighted by Gasteiger charge is -2.18. The Bertz CT molecular complexity index is 259. The number of ether oxygens (including phenoxy) is 2. The monoisotopic (exact) mass is 230 g/mol. The summed E-state index contributed by atoms with van der Waals surface area (Å²) in [6.07, 6.45) is 1.32. The maximum Gasteiger partial charge on any atom is 0.309 e. The molecule has 0 aromatic rings.